The second-order valence-corrected chi connectivity index (χ2v) is 9.45. The molecule has 0 spiro atoms. The number of nitrogens with zero attached hydrogens (tertiary/aromatic N) is 2. The molecule has 0 aliphatic heterocycles. The van der Waals surface area contributed by atoms with Gasteiger partial charge < -0.3 is 9.84 Å². The summed E-state index contributed by atoms with van der Waals surface area (Å²) in [6, 6.07) is 16.0. The Hall–Kier alpha value is -3.92. The van der Waals surface area contributed by atoms with Gasteiger partial charge in [-0.25, -0.2) is 22.1 Å². The van der Waals surface area contributed by atoms with Crippen LogP contribution in [0.25, 0.3) is 16.8 Å². The molecule has 2 aromatic carbocycles. The predicted octanol–water partition coefficient (Wildman–Crippen LogP) is 4.57. The average Bonchev–Trinajstić information content (AvgIpc) is 3.16. The number of pyridine rings is 1. The molecule has 0 bridgehead atoms. The summed E-state index contributed by atoms with van der Waals surface area (Å²) in [7, 11) is -3.66. The molecule has 0 saturated carbocycles. The number of nitrogens with one attached hydrogen (secondary N) is 1. The summed E-state index contributed by atoms with van der Waals surface area (Å²) in [4.78, 5) is 12.1. The highest BCUT2D eigenvalue weighted by atomic mass is 32.2. The third-order valence-corrected chi connectivity index (χ3v) is 6.52. The summed E-state index contributed by atoms with van der Waals surface area (Å²) in [6.45, 7) is 1.89. The van der Waals surface area contributed by atoms with E-state index in [1.165, 1.54) is 41.0 Å². The van der Waals surface area contributed by atoms with Crippen LogP contribution in [0.5, 0.6) is 5.75 Å². The summed E-state index contributed by atoms with van der Waals surface area (Å²) < 4.78 is 48.0. The number of hydrogen-bond donors (Lipinski definition) is 2. The fourth-order valence-corrected chi connectivity index (χ4v) is 4.64. The molecule has 10 heteroatoms. The van der Waals surface area contributed by atoms with Crippen molar-refractivity contribution in [2.75, 3.05) is 10.5 Å². The van der Waals surface area contributed by atoms with Crippen LogP contribution in [-0.2, 0) is 16.6 Å². The number of anilines is 1. The standard InChI is InChI=1S/C24H22FN3O5S/c1-2-12-34(31,32)27-19-14-28-20(13-21(19)33-15-16-6-4-3-5-7-16)22(24(29)30)23(26-28)17-8-10-18(25)11-9-17/h3-11,13-14,27H,2,12,15H2,1H3,(H,29,30). The zero-order chi connectivity index (χ0) is 24.3. The Labute approximate surface area is 195 Å². The van der Waals surface area contributed by atoms with Crippen LogP contribution in [0.4, 0.5) is 10.1 Å². The summed E-state index contributed by atoms with van der Waals surface area (Å²) in [5.74, 6) is -1.64. The Morgan fingerprint density at radius 1 is 1.15 bits per heavy atom. The van der Waals surface area contributed by atoms with E-state index in [0.29, 0.717) is 12.0 Å². The molecule has 4 rings (SSSR count). The van der Waals surface area contributed by atoms with Crippen LogP contribution in [0.15, 0.2) is 66.9 Å². The van der Waals surface area contributed by atoms with Crippen LogP contribution in [0, 0.1) is 5.82 Å². The van der Waals surface area contributed by atoms with Crippen molar-refractivity contribution in [3.63, 3.8) is 0 Å². The summed E-state index contributed by atoms with van der Waals surface area (Å²) in [5, 5.41) is 14.3. The van der Waals surface area contributed by atoms with Gasteiger partial charge >= 0.3 is 5.97 Å². The fraction of sp³-hybridized carbons (Fsp3) is 0.167. The number of sulfonamides is 1. The molecule has 0 unspecified atom stereocenters. The van der Waals surface area contributed by atoms with Gasteiger partial charge in [0.2, 0.25) is 10.0 Å². The fourth-order valence-electron chi connectivity index (χ4n) is 3.51. The van der Waals surface area contributed by atoms with E-state index in [4.69, 9.17) is 4.74 Å². The minimum atomic E-state index is -3.66. The zero-order valence-electron chi connectivity index (χ0n) is 18.2. The maximum Gasteiger partial charge on any atom is 0.340 e. The second-order valence-electron chi connectivity index (χ2n) is 7.61. The molecule has 0 saturated heterocycles. The van der Waals surface area contributed by atoms with Gasteiger partial charge in [-0.2, -0.15) is 5.10 Å². The number of benzene rings is 2. The lowest BCUT2D eigenvalue weighted by Crippen LogP contribution is -2.17. The molecule has 2 aromatic heterocycles. The quantitative estimate of drug-likeness (QED) is 0.361. The number of carboxylic acid groups (broad SMARTS) is 1. The van der Waals surface area contributed by atoms with Gasteiger partial charge in [-0.15, -0.1) is 0 Å². The molecule has 2 N–H and O–H groups in total. The largest absolute Gasteiger partial charge is 0.487 e. The van der Waals surface area contributed by atoms with Crippen molar-refractivity contribution in [1.29, 1.82) is 0 Å². The van der Waals surface area contributed by atoms with E-state index in [2.05, 4.69) is 9.82 Å². The van der Waals surface area contributed by atoms with Gasteiger partial charge in [0.1, 0.15) is 35.1 Å². The normalized spacial score (nSPS) is 11.5. The lowest BCUT2D eigenvalue weighted by atomic mass is 10.1. The van der Waals surface area contributed by atoms with Crippen molar-refractivity contribution in [1.82, 2.24) is 9.61 Å². The Balaban J connectivity index is 1.85. The van der Waals surface area contributed by atoms with Gasteiger partial charge in [0.05, 0.1) is 17.5 Å². The molecule has 34 heavy (non-hydrogen) atoms. The van der Waals surface area contributed by atoms with Crippen LogP contribution in [0.2, 0.25) is 0 Å². The van der Waals surface area contributed by atoms with E-state index in [0.717, 1.165) is 5.56 Å². The van der Waals surface area contributed by atoms with Crippen LogP contribution in [-0.4, -0.2) is 34.9 Å². The maximum atomic E-state index is 13.4. The number of fused-ring (bicyclic) bond motifs is 1. The molecule has 0 amide bonds. The van der Waals surface area contributed by atoms with Crippen LogP contribution in [0.1, 0.15) is 29.3 Å². The number of ether oxygens (including phenoxy) is 1. The molecular formula is C24H22FN3O5S. The van der Waals surface area contributed by atoms with E-state index < -0.39 is 21.8 Å². The van der Waals surface area contributed by atoms with Crippen molar-refractivity contribution >= 4 is 27.2 Å². The van der Waals surface area contributed by atoms with Crippen molar-refractivity contribution in [2.45, 2.75) is 20.0 Å². The highest BCUT2D eigenvalue weighted by Gasteiger charge is 2.23. The van der Waals surface area contributed by atoms with Gasteiger partial charge in [0.15, 0.2) is 0 Å². The number of hydrogen-bond acceptors (Lipinski definition) is 5. The Morgan fingerprint density at radius 3 is 2.50 bits per heavy atom. The van der Waals surface area contributed by atoms with Crippen molar-refractivity contribution in [3.8, 4) is 17.0 Å². The van der Waals surface area contributed by atoms with Crippen LogP contribution < -0.4 is 9.46 Å². The molecular weight excluding hydrogens is 461 g/mol. The molecule has 0 radical (unpaired) electrons. The van der Waals surface area contributed by atoms with Gasteiger partial charge in [0, 0.05) is 11.6 Å². The number of aromatic nitrogens is 2. The lowest BCUT2D eigenvalue weighted by Gasteiger charge is -2.14. The SMILES string of the molecule is CCCS(=O)(=O)Nc1cn2nc(-c3ccc(F)cc3)c(C(=O)O)c2cc1OCc1ccccc1. The highest BCUT2D eigenvalue weighted by molar-refractivity contribution is 7.92. The molecule has 0 atom stereocenters. The maximum absolute atomic E-state index is 13.4. The average molecular weight is 484 g/mol. The molecule has 0 aliphatic rings. The van der Waals surface area contributed by atoms with Gasteiger partial charge in [0.25, 0.3) is 0 Å². The van der Waals surface area contributed by atoms with Gasteiger partial charge in [-0.3, -0.25) is 4.72 Å². The number of carbonyl (C=O) groups is 1. The van der Waals surface area contributed by atoms with Gasteiger partial charge in [-0.05, 0) is 36.2 Å². The van der Waals surface area contributed by atoms with E-state index in [9.17, 15) is 22.7 Å². The minimum Gasteiger partial charge on any atom is -0.487 e. The smallest absolute Gasteiger partial charge is 0.340 e. The monoisotopic (exact) mass is 483 g/mol. The predicted molar refractivity (Wildman–Crippen MR) is 126 cm³/mol. The molecule has 4 aromatic rings. The molecule has 0 aliphatic carbocycles. The third kappa shape index (κ3) is 5.01. The second kappa shape index (κ2) is 9.52. The first-order valence-corrected chi connectivity index (χ1v) is 12.2. The number of rotatable bonds is 9. The molecule has 0 fully saturated rings. The van der Waals surface area contributed by atoms with E-state index in [-0.39, 0.29) is 40.6 Å². The van der Waals surface area contributed by atoms with Crippen molar-refractivity contribution in [2.24, 2.45) is 0 Å². The number of carboxylic acids is 1. The van der Waals surface area contributed by atoms with Crippen LogP contribution >= 0.6 is 0 Å². The van der Waals surface area contributed by atoms with E-state index in [1.54, 1.807) is 6.92 Å². The first-order valence-electron chi connectivity index (χ1n) is 10.5. The van der Waals surface area contributed by atoms with Crippen molar-refractivity contribution in [3.05, 3.63) is 83.8 Å². The topological polar surface area (TPSA) is 110 Å². The summed E-state index contributed by atoms with van der Waals surface area (Å²) >= 11 is 0. The summed E-state index contributed by atoms with van der Waals surface area (Å²) in [5.41, 5.74) is 1.59. The first-order chi connectivity index (χ1) is 16.3. The molecule has 2 heterocycles. The molecule has 176 valence electrons. The zero-order valence-corrected chi connectivity index (χ0v) is 19.0. The van der Waals surface area contributed by atoms with E-state index in [1.807, 2.05) is 30.3 Å². The number of aromatic carboxylic acids is 1. The van der Waals surface area contributed by atoms with E-state index >= 15 is 0 Å². The third-order valence-electron chi connectivity index (χ3n) is 5.04. The van der Waals surface area contributed by atoms with Crippen molar-refractivity contribution < 1.29 is 27.4 Å². The highest BCUT2D eigenvalue weighted by Crippen LogP contribution is 2.33. The van der Waals surface area contributed by atoms with Crippen LogP contribution in [0.3, 0.4) is 0 Å². The number of halogens is 1. The lowest BCUT2D eigenvalue weighted by molar-refractivity contribution is 0.0699. The first kappa shape index (κ1) is 23.2. The summed E-state index contributed by atoms with van der Waals surface area (Å²) in [6.07, 6.45) is 1.79. The Bertz CT molecular complexity index is 1440. The van der Waals surface area contributed by atoms with Gasteiger partial charge in [-0.1, -0.05) is 37.3 Å². The minimum absolute atomic E-state index is 0.0938. The Morgan fingerprint density at radius 2 is 1.85 bits per heavy atom. The Kier molecular flexibility index (Phi) is 6.51. The molecule has 8 nitrogen and oxygen atoms in total.